The molecule has 1 N–H and O–H groups in total. The van der Waals surface area contributed by atoms with Gasteiger partial charge >= 0.3 is 0 Å². The fourth-order valence-corrected chi connectivity index (χ4v) is 2.35. The Morgan fingerprint density at radius 3 is 2.47 bits per heavy atom. The second-order valence-corrected chi connectivity index (χ2v) is 4.76. The molecule has 2 rings (SSSR count). The van der Waals surface area contributed by atoms with Crippen LogP contribution in [0.3, 0.4) is 0 Å². The second kappa shape index (κ2) is 5.30. The van der Waals surface area contributed by atoms with Gasteiger partial charge in [0.2, 0.25) is 5.91 Å². The summed E-state index contributed by atoms with van der Waals surface area (Å²) in [4.78, 5) is 11.9. The van der Waals surface area contributed by atoms with Crippen molar-refractivity contribution in [1.29, 1.82) is 0 Å². The molecule has 0 bridgehead atoms. The molecule has 2 nitrogen and oxygen atoms in total. The summed E-state index contributed by atoms with van der Waals surface area (Å²) >= 11 is 0. The number of carbonyl (C=O) groups excluding carboxylic acids is 1. The van der Waals surface area contributed by atoms with Crippen molar-refractivity contribution in [1.82, 2.24) is 5.32 Å². The monoisotopic (exact) mass is 235 g/mol. The summed E-state index contributed by atoms with van der Waals surface area (Å²) in [6.45, 7) is 1.93. The summed E-state index contributed by atoms with van der Waals surface area (Å²) in [6.07, 6.45) is 4.32. The van der Waals surface area contributed by atoms with E-state index in [0.29, 0.717) is 0 Å². The van der Waals surface area contributed by atoms with E-state index in [-0.39, 0.29) is 23.7 Å². The number of hydrogen-bond donors (Lipinski definition) is 1. The van der Waals surface area contributed by atoms with E-state index in [2.05, 4.69) is 5.32 Å². The van der Waals surface area contributed by atoms with Gasteiger partial charge in [-0.1, -0.05) is 25.0 Å². The highest BCUT2D eigenvalue weighted by atomic mass is 19.1. The van der Waals surface area contributed by atoms with E-state index in [9.17, 15) is 9.18 Å². The Morgan fingerprint density at radius 1 is 1.29 bits per heavy atom. The van der Waals surface area contributed by atoms with E-state index in [1.54, 1.807) is 12.1 Å². The van der Waals surface area contributed by atoms with Crippen molar-refractivity contribution >= 4 is 5.91 Å². The number of amides is 1. The number of hydrogen-bond acceptors (Lipinski definition) is 1. The molecule has 0 spiro atoms. The van der Waals surface area contributed by atoms with E-state index in [0.717, 1.165) is 31.2 Å². The van der Waals surface area contributed by atoms with Gasteiger partial charge in [-0.15, -0.1) is 0 Å². The Morgan fingerprint density at radius 2 is 1.88 bits per heavy atom. The molecular formula is C14H18FNO. The third kappa shape index (κ3) is 3.05. The molecule has 1 aromatic rings. The van der Waals surface area contributed by atoms with E-state index >= 15 is 0 Å². The van der Waals surface area contributed by atoms with Crippen LogP contribution in [-0.4, -0.2) is 5.91 Å². The zero-order valence-corrected chi connectivity index (χ0v) is 10.1. The van der Waals surface area contributed by atoms with Gasteiger partial charge in [-0.25, -0.2) is 4.39 Å². The molecule has 1 amide bonds. The van der Waals surface area contributed by atoms with Crippen LogP contribution < -0.4 is 5.32 Å². The predicted octanol–water partition coefficient (Wildman–Crippen LogP) is 3.19. The normalized spacial score (nSPS) is 18.0. The van der Waals surface area contributed by atoms with Crippen LogP contribution >= 0.6 is 0 Å². The highest BCUT2D eigenvalue weighted by Gasteiger charge is 2.23. The van der Waals surface area contributed by atoms with Crippen LogP contribution in [0.15, 0.2) is 24.3 Å². The van der Waals surface area contributed by atoms with E-state index in [1.165, 1.54) is 12.1 Å². The number of nitrogens with one attached hydrogen (secondary N) is 1. The summed E-state index contributed by atoms with van der Waals surface area (Å²) in [5.74, 6) is 0.0697. The van der Waals surface area contributed by atoms with Crippen molar-refractivity contribution in [3.05, 3.63) is 35.6 Å². The van der Waals surface area contributed by atoms with Gasteiger partial charge in [0.15, 0.2) is 0 Å². The van der Waals surface area contributed by atoms with Crippen molar-refractivity contribution in [2.75, 3.05) is 0 Å². The van der Waals surface area contributed by atoms with Gasteiger partial charge < -0.3 is 5.32 Å². The highest BCUT2D eigenvalue weighted by molar-refractivity contribution is 5.79. The fraction of sp³-hybridized carbons (Fsp3) is 0.500. The zero-order valence-electron chi connectivity index (χ0n) is 10.1. The van der Waals surface area contributed by atoms with E-state index < -0.39 is 0 Å². The molecule has 0 aliphatic heterocycles. The average Bonchev–Trinajstić information content (AvgIpc) is 2.83. The number of carbonyl (C=O) groups is 1. The van der Waals surface area contributed by atoms with Gasteiger partial charge in [0, 0.05) is 5.92 Å². The Balaban J connectivity index is 1.93. The quantitative estimate of drug-likeness (QED) is 0.856. The van der Waals surface area contributed by atoms with Crippen LogP contribution in [0.2, 0.25) is 0 Å². The number of halogens is 1. The summed E-state index contributed by atoms with van der Waals surface area (Å²) < 4.78 is 12.8. The third-order valence-corrected chi connectivity index (χ3v) is 3.45. The molecule has 1 fully saturated rings. The lowest BCUT2D eigenvalue weighted by molar-refractivity contribution is -0.125. The maximum atomic E-state index is 12.8. The molecule has 0 heterocycles. The Kier molecular flexibility index (Phi) is 3.77. The largest absolute Gasteiger partial charge is 0.349 e. The molecule has 1 aliphatic carbocycles. The van der Waals surface area contributed by atoms with Gasteiger partial charge in [0.05, 0.1) is 6.04 Å². The van der Waals surface area contributed by atoms with Crippen LogP contribution in [0.1, 0.15) is 44.2 Å². The highest BCUT2D eigenvalue weighted by Crippen LogP contribution is 2.25. The van der Waals surface area contributed by atoms with Crippen molar-refractivity contribution in [3.8, 4) is 0 Å². The van der Waals surface area contributed by atoms with Gasteiger partial charge in [-0.3, -0.25) is 4.79 Å². The van der Waals surface area contributed by atoms with Crippen LogP contribution in [0.4, 0.5) is 4.39 Å². The molecule has 92 valence electrons. The Hall–Kier alpha value is -1.38. The molecule has 0 unspecified atom stereocenters. The van der Waals surface area contributed by atoms with Crippen LogP contribution in [0, 0.1) is 11.7 Å². The molecule has 17 heavy (non-hydrogen) atoms. The van der Waals surface area contributed by atoms with Gasteiger partial charge in [-0.05, 0) is 37.5 Å². The molecule has 1 atom stereocenters. The van der Waals surface area contributed by atoms with Gasteiger partial charge in [0.25, 0.3) is 0 Å². The molecule has 1 aliphatic rings. The Bertz CT molecular complexity index is 382. The topological polar surface area (TPSA) is 29.1 Å². The summed E-state index contributed by atoms with van der Waals surface area (Å²) in [5, 5.41) is 3.00. The van der Waals surface area contributed by atoms with Crippen LogP contribution in [-0.2, 0) is 4.79 Å². The van der Waals surface area contributed by atoms with E-state index in [1.807, 2.05) is 6.92 Å². The first-order chi connectivity index (χ1) is 8.16. The maximum Gasteiger partial charge on any atom is 0.223 e. The molecular weight excluding hydrogens is 217 g/mol. The van der Waals surface area contributed by atoms with Crippen molar-refractivity contribution in [3.63, 3.8) is 0 Å². The molecule has 1 aromatic carbocycles. The minimum atomic E-state index is -0.247. The molecule has 3 heteroatoms. The summed E-state index contributed by atoms with van der Waals surface area (Å²) in [6, 6.07) is 6.23. The van der Waals surface area contributed by atoms with Crippen molar-refractivity contribution in [2.45, 2.75) is 38.6 Å². The zero-order chi connectivity index (χ0) is 12.3. The lowest BCUT2D eigenvalue weighted by Gasteiger charge is -2.17. The second-order valence-electron chi connectivity index (χ2n) is 4.76. The maximum absolute atomic E-state index is 12.8. The number of rotatable bonds is 3. The molecule has 0 saturated heterocycles. The standard InChI is InChI=1S/C14H18FNO/c1-10(11-6-8-13(15)9-7-11)16-14(17)12-4-2-3-5-12/h6-10,12H,2-5H2,1H3,(H,16,17)/t10-/m0/s1. The van der Waals surface area contributed by atoms with Crippen LogP contribution in [0.5, 0.6) is 0 Å². The predicted molar refractivity (Wildman–Crippen MR) is 64.9 cm³/mol. The molecule has 0 radical (unpaired) electrons. The average molecular weight is 235 g/mol. The smallest absolute Gasteiger partial charge is 0.223 e. The molecule has 0 aromatic heterocycles. The van der Waals surface area contributed by atoms with Crippen molar-refractivity contribution < 1.29 is 9.18 Å². The lowest BCUT2D eigenvalue weighted by Crippen LogP contribution is -2.31. The lowest BCUT2D eigenvalue weighted by atomic mass is 10.0. The minimum absolute atomic E-state index is 0.0521. The number of benzene rings is 1. The Labute approximate surface area is 101 Å². The van der Waals surface area contributed by atoms with Crippen molar-refractivity contribution in [2.24, 2.45) is 5.92 Å². The van der Waals surface area contributed by atoms with Crippen LogP contribution in [0.25, 0.3) is 0 Å². The summed E-state index contributed by atoms with van der Waals surface area (Å²) in [7, 11) is 0. The summed E-state index contributed by atoms with van der Waals surface area (Å²) in [5.41, 5.74) is 0.942. The molecule has 1 saturated carbocycles. The first-order valence-electron chi connectivity index (χ1n) is 6.22. The third-order valence-electron chi connectivity index (χ3n) is 3.45. The van der Waals surface area contributed by atoms with Gasteiger partial charge in [-0.2, -0.15) is 0 Å². The van der Waals surface area contributed by atoms with Gasteiger partial charge in [0.1, 0.15) is 5.82 Å². The first-order valence-corrected chi connectivity index (χ1v) is 6.22. The fourth-order valence-electron chi connectivity index (χ4n) is 2.35. The SMILES string of the molecule is C[C@H](NC(=O)C1CCCC1)c1ccc(F)cc1. The minimum Gasteiger partial charge on any atom is -0.349 e. The van der Waals surface area contributed by atoms with E-state index in [4.69, 9.17) is 0 Å². The first kappa shape index (κ1) is 12.1.